The molecule has 0 aromatic heterocycles. The summed E-state index contributed by atoms with van der Waals surface area (Å²) in [6.45, 7) is 9.01. The molecule has 144 valence electrons. The topological polar surface area (TPSA) is 0 Å². The lowest BCUT2D eigenvalue weighted by atomic mass is 9.65. The first-order valence-electron chi connectivity index (χ1n) is 10.7. The van der Waals surface area contributed by atoms with E-state index in [1.807, 2.05) is 0 Å². The predicted octanol–water partition coefficient (Wildman–Crippen LogP) is 7.39. The van der Waals surface area contributed by atoms with E-state index >= 15 is 0 Å². The van der Waals surface area contributed by atoms with Gasteiger partial charge in [0, 0.05) is 0 Å². The number of hydrogen-bond acceptors (Lipinski definition) is 0. The Kier molecular flexibility index (Phi) is 4.13. The second kappa shape index (κ2) is 6.59. The lowest BCUT2D eigenvalue weighted by Crippen LogP contribution is -2.30. The van der Waals surface area contributed by atoms with Gasteiger partial charge in [-0.25, -0.2) is 0 Å². The molecule has 0 saturated heterocycles. The fourth-order valence-corrected chi connectivity index (χ4v) is 5.16. The maximum Gasteiger partial charge on any atom is 0.0710 e. The van der Waals surface area contributed by atoms with Crippen LogP contribution in [0.5, 0.6) is 0 Å². The SMILES string of the molecule is Cc1ccc(C2(C3=CC(C)C(C)C=C3)c3ccccc3-c3cc(C)ccc32)cc1. The van der Waals surface area contributed by atoms with Gasteiger partial charge in [0.15, 0.2) is 0 Å². The molecule has 0 spiro atoms. The van der Waals surface area contributed by atoms with Gasteiger partial charge in [-0.2, -0.15) is 0 Å². The van der Waals surface area contributed by atoms with Crippen molar-refractivity contribution in [2.24, 2.45) is 11.8 Å². The Morgan fingerprint density at radius 2 is 1.38 bits per heavy atom. The van der Waals surface area contributed by atoms with Gasteiger partial charge in [0.25, 0.3) is 0 Å². The van der Waals surface area contributed by atoms with Crippen LogP contribution in [-0.2, 0) is 5.41 Å². The number of allylic oxidation sites excluding steroid dienone is 4. The summed E-state index contributed by atoms with van der Waals surface area (Å²) in [4.78, 5) is 0. The van der Waals surface area contributed by atoms with Gasteiger partial charge in [0.05, 0.1) is 5.41 Å². The van der Waals surface area contributed by atoms with Crippen LogP contribution in [-0.4, -0.2) is 0 Å². The van der Waals surface area contributed by atoms with Gasteiger partial charge in [0.2, 0.25) is 0 Å². The molecule has 2 aliphatic carbocycles. The fourth-order valence-electron chi connectivity index (χ4n) is 5.16. The highest BCUT2D eigenvalue weighted by Crippen LogP contribution is 2.57. The van der Waals surface area contributed by atoms with E-state index in [4.69, 9.17) is 0 Å². The molecule has 0 fully saturated rings. The summed E-state index contributed by atoms with van der Waals surface area (Å²) in [5.74, 6) is 1.10. The molecule has 3 aromatic carbocycles. The molecule has 0 nitrogen and oxygen atoms in total. The number of aryl methyl sites for hydroxylation is 2. The van der Waals surface area contributed by atoms with Gasteiger partial charge < -0.3 is 0 Å². The highest BCUT2D eigenvalue weighted by Gasteiger charge is 2.47. The van der Waals surface area contributed by atoms with E-state index in [1.54, 1.807) is 0 Å². The molecule has 0 amide bonds. The summed E-state index contributed by atoms with van der Waals surface area (Å²) in [5, 5.41) is 0. The molecular weight excluding hydrogens is 348 g/mol. The molecule has 0 N–H and O–H groups in total. The third kappa shape index (κ3) is 2.59. The Morgan fingerprint density at radius 3 is 2.14 bits per heavy atom. The molecule has 2 aliphatic rings. The van der Waals surface area contributed by atoms with Crippen molar-refractivity contribution in [1.82, 2.24) is 0 Å². The highest BCUT2D eigenvalue weighted by molar-refractivity contribution is 5.87. The zero-order valence-electron chi connectivity index (χ0n) is 17.7. The highest BCUT2D eigenvalue weighted by atomic mass is 14.5. The Morgan fingerprint density at radius 1 is 0.690 bits per heavy atom. The summed E-state index contributed by atoms with van der Waals surface area (Å²) in [6.07, 6.45) is 7.29. The van der Waals surface area contributed by atoms with Crippen LogP contribution in [0.25, 0.3) is 11.1 Å². The molecule has 5 rings (SSSR count). The van der Waals surface area contributed by atoms with Crippen molar-refractivity contribution in [2.75, 3.05) is 0 Å². The normalized spacial score (nSPS) is 24.8. The number of benzene rings is 3. The van der Waals surface area contributed by atoms with Crippen LogP contribution in [0.4, 0.5) is 0 Å². The van der Waals surface area contributed by atoms with Crippen LogP contribution in [0.15, 0.2) is 90.5 Å². The summed E-state index contributed by atoms with van der Waals surface area (Å²) >= 11 is 0. The average Bonchev–Trinajstić information content (AvgIpc) is 3.01. The quantitative estimate of drug-likeness (QED) is 0.437. The van der Waals surface area contributed by atoms with E-state index in [1.165, 1.54) is 44.5 Å². The van der Waals surface area contributed by atoms with Gasteiger partial charge in [0.1, 0.15) is 0 Å². The lowest BCUT2D eigenvalue weighted by molar-refractivity contribution is 0.538. The summed E-state index contributed by atoms with van der Waals surface area (Å²) in [5.41, 5.74) is 10.7. The Labute approximate surface area is 174 Å². The van der Waals surface area contributed by atoms with Gasteiger partial charge in [-0.15, -0.1) is 0 Å². The van der Waals surface area contributed by atoms with E-state index in [9.17, 15) is 0 Å². The molecule has 3 aromatic rings. The molecule has 0 bridgehead atoms. The minimum absolute atomic E-state index is 0.252. The van der Waals surface area contributed by atoms with Crippen molar-refractivity contribution >= 4 is 0 Å². The van der Waals surface area contributed by atoms with Crippen LogP contribution in [0.3, 0.4) is 0 Å². The molecular formula is C29H28. The van der Waals surface area contributed by atoms with E-state index in [0.717, 1.165) is 0 Å². The minimum atomic E-state index is -0.252. The van der Waals surface area contributed by atoms with Crippen LogP contribution < -0.4 is 0 Å². The van der Waals surface area contributed by atoms with E-state index in [2.05, 4.69) is 113 Å². The Balaban J connectivity index is 1.91. The first kappa shape index (κ1) is 18.2. The Hall–Kier alpha value is -2.86. The largest absolute Gasteiger partial charge is 0.0808 e. The second-order valence-corrected chi connectivity index (χ2v) is 8.91. The molecule has 3 atom stereocenters. The average molecular weight is 377 g/mol. The van der Waals surface area contributed by atoms with Crippen molar-refractivity contribution in [2.45, 2.75) is 33.1 Å². The Bertz CT molecular complexity index is 1140. The van der Waals surface area contributed by atoms with Gasteiger partial charge in [-0.3, -0.25) is 0 Å². The van der Waals surface area contributed by atoms with Crippen molar-refractivity contribution < 1.29 is 0 Å². The second-order valence-electron chi connectivity index (χ2n) is 8.91. The van der Waals surface area contributed by atoms with Crippen LogP contribution in [0, 0.1) is 25.7 Å². The standard InChI is InChI=1S/C29H28/c1-19-9-13-23(14-10-19)29(24-15-12-21(3)22(4)18-24)27-8-6-5-7-25(27)26-17-20(2)11-16-28(26)29/h5-18,21-22H,1-4H3. The molecule has 3 unspecified atom stereocenters. The first-order chi connectivity index (χ1) is 14.0. The third-order valence-corrected chi connectivity index (χ3v) is 6.97. The molecule has 29 heavy (non-hydrogen) atoms. The minimum Gasteiger partial charge on any atom is -0.0808 e. The fraction of sp³-hybridized carbons (Fsp3) is 0.241. The monoisotopic (exact) mass is 376 g/mol. The van der Waals surface area contributed by atoms with Crippen LogP contribution >= 0.6 is 0 Å². The number of fused-ring (bicyclic) bond motifs is 3. The first-order valence-corrected chi connectivity index (χ1v) is 10.7. The van der Waals surface area contributed by atoms with Gasteiger partial charge in [-0.05, 0) is 59.1 Å². The summed E-state index contributed by atoms with van der Waals surface area (Å²) in [7, 11) is 0. The molecule has 0 saturated carbocycles. The van der Waals surface area contributed by atoms with E-state index in [-0.39, 0.29) is 5.41 Å². The number of rotatable bonds is 2. The smallest absolute Gasteiger partial charge is 0.0710 e. The zero-order chi connectivity index (χ0) is 20.2. The third-order valence-electron chi connectivity index (χ3n) is 6.97. The summed E-state index contributed by atoms with van der Waals surface area (Å²) < 4.78 is 0. The molecule has 0 aliphatic heterocycles. The van der Waals surface area contributed by atoms with Crippen LogP contribution in [0.2, 0.25) is 0 Å². The zero-order valence-corrected chi connectivity index (χ0v) is 17.7. The lowest BCUT2D eigenvalue weighted by Gasteiger charge is -2.37. The number of hydrogen-bond donors (Lipinski definition) is 0. The predicted molar refractivity (Wildman–Crippen MR) is 123 cm³/mol. The van der Waals surface area contributed by atoms with Crippen molar-refractivity contribution in [1.29, 1.82) is 0 Å². The van der Waals surface area contributed by atoms with Crippen molar-refractivity contribution in [3.63, 3.8) is 0 Å². The molecule has 0 heteroatoms. The summed E-state index contributed by atoms with van der Waals surface area (Å²) in [6, 6.07) is 25.2. The maximum absolute atomic E-state index is 2.51. The van der Waals surface area contributed by atoms with E-state index < -0.39 is 0 Å². The van der Waals surface area contributed by atoms with Crippen molar-refractivity contribution in [3.8, 4) is 11.1 Å². The van der Waals surface area contributed by atoms with Crippen LogP contribution in [0.1, 0.15) is 41.7 Å². The van der Waals surface area contributed by atoms with Crippen molar-refractivity contribution in [3.05, 3.63) is 118 Å². The van der Waals surface area contributed by atoms with Gasteiger partial charge >= 0.3 is 0 Å². The molecule has 0 heterocycles. The van der Waals surface area contributed by atoms with Gasteiger partial charge in [-0.1, -0.05) is 110 Å². The molecule has 0 radical (unpaired) electrons. The maximum atomic E-state index is 2.51. The van der Waals surface area contributed by atoms with E-state index in [0.29, 0.717) is 11.8 Å².